The van der Waals surface area contributed by atoms with Gasteiger partial charge in [0, 0.05) is 18.5 Å². The third-order valence-electron chi connectivity index (χ3n) is 4.12. The summed E-state index contributed by atoms with van der Waals surface area (Å²) in [5.74, 6) is 1.26. The van der Waals surface area contributed by atoms with Crippen molar-refractivity contribution in [3.05, 3.63) is 29.6 Å². The Balaban J connectivity index is 1.80. The van der Waals surface area contributed by atoms with E-state index in [0.29, 0.717) is 0 Å². The fraction of sp³-hybridized carbons (Fsp3) is 0.500. The van der Waals surface area contributed by atoms with Gasteiger partial charge < -0.3 is 10.3 Å². The highest BCUT2D eigenvalue weighted by Crippen LogP contribution is 2.36. The van der Waals surface area contributed by atoms with Crippen LogP contribution in [-0.4, -0.2) is 15.1 Å². The van der Waals surface area contributed by atoms with Gasteiger partial charge in [0.25, 0.3) is 0 Å². The first-order valence-corrected chi connectivity index (χ1v) is 6.51. The molecule has 2 heterocycles. The number of imidazole rings is 1. The van der Waals surface area contributed by atoms with Crippen molar-refractivity contribution >= 4 is 11.0 Å². The molecule has 0 radical (unpaired) electrons. The second-order valence-electron chi connectivity index (χ2n) is 5.65. The summed E-state index contributed by atoms with van der Waals surface area (Å²) in [5.41, 5.74) is 10.1. The van der Waals surface area contributed by atoms with E-state index in [1.165, 1.54) is 36.2 Å². The zero-order valence-electron chi connectivity index (χ0n) is 9.95. The molecule has 1 aromatic heterocycles. The van der Waals surface area contributed by atoms with Crippen LogP contribution in [0.4, 0.5) is 0 Å². The molecule has 3 nitrogen and oxygen atoms in total. The molecule has 0 atom stereocenters. The molecular weight excluding hydrogens is 210 g/mol. The summed E-state index contributed by atoms with van der Waals surface area (Å²) in [5, 5.41) is 0. The third kappa shape index (κ3) is 1.49. The molecule has 1 aromatic carbocycles. The van der Waals surface area contributed by atoms with Gasteiger partial charge in [-0.1, -0.05) is 6.07 Å². The quantitative estimate of drug-likeness (QED) is 0.853. The Bertz CT molecular complexity index is 593. The van der Waals surface area contributed by atoms with Gasteiger partial charge in [-0.25, -0.2) is 4.98 Å². The minimum absolute atomic E-state index is 0.0987. The standard InChI is InChI=1S/C14H17N3/c15-14(5-6-14)9-10-3-4-11-12(8-10)17-7-1-2-13(17)16-11/h3-4,8H,1-2,5-7,9,15H2. The van der Waals surface area contributed by atoms with Crippen LogP contribution in [0.3, 0.4) is 0 Å². The first kappa shape index (κ1) is 9.66. The molecule has 0 unspecified atom stereocenters. The SMILES string of the molecule is NC1(Cc2ccc3nc4n(c3c2)CCC4)CC1. The summed E-state index contributed by atoms with van der Waals surface area (Å²) in [6.45, 7) is 1.13. The number of nitrogens with two attached hydrogens (primary N) is 1. The second-order valence-corrected chi connectivity index (χ2v) is 5.65. The Morgan fingerprint density at radius 1 is 1.35 bits per heavy atom. The molecule has 1 fully saturated rings. The molecule has 2 N–H and O–H groups in total. The average molecular weight is 227 g/mol. The molecule has 1 aliphatic carbocycles. The summed E-state index contributed by atoms with van der Waals surface area (Å²) in [4.78, 5) is 4.68. The first-order chi connectivity index (χ1) is 8.23. The van der Waals surface area contributed by atoms with E-state index in [4.69, 9.17) is 5.73 Å². The van der Waals surface area contributed by atoms with E-state index in [1.54, 1.807) is 0 Å². The fourth-order valence-corrected chi connectivity index (χ4v) is 2.91. The van der Waals surface area contributed by atoms with Crippen LogP contribution in [-0.2, 0) is 19.4 Å². The second kappa shape index (κ2) is 3.10. The lowest BCUT2D eigenvalue weighted by molar-refractivity contribution is 0.672. The number of rotatable bonds is 2. The van der Waals surface area contributed by atoms with Crippen LogP contribution in [0.25, 0.3) is 11.0 Å². The predicted molar refractivity (Wildman–Crippen MR) is 67.9 cm³/mol. The highest BCUT2D eigenvalue weighted by Gasteiger charge is 2.38. The summed E-state index contributed by atoms with van der Waals surface area (Å²) in [6.07, 6.45) is 5.74. The fourth-order valence-electron chi connectivity index (χ4n) is 2.91. The van der Waals surface area contributed by atoms with Gasteiger partial charge in [-0.3, -0.25) is 0 Å². The molecule has 4 rings (SSSR count). The van der Waals surface area contributed by atoms with Crippen molar-refractivity contribution in [3.8, 4) is 0 Å². The summed E-state index contributed by atoms with van der Waals surface area (Å²) < 4.78 is 2.37. The normalized spacial score (nSPS) is 20.8. The van der Waals surface area contributed by atoms with Gasteiger partial charge in [0.05, 0.1) is 11.0 Å². The van der Waals surface area contributed by atoms with Gasteiger partial charge in [-0.05, 0) is 43.4 Å². The van der Waals surface area contributed by atoms with Gasteiger partial charge in [-0.15, -0.1) is 0 Å². The molecule has 1 saturated carbocycles. The van der Waals surface area contributed by atoms with Gasteiger partial charge in [0.1, 0.15) is 5.82 Å². The van der Waals surface area contributed by atoms with Crippen LogP contribution in [0.15, 0.2) is 18.2 Å². The van der Waals surface area contributed by atoms with E-state index in [0.717, 1.165) is 24.9 Å². The lowest BCUT2D eigenvalue weighted by Gasteiger charge is -2.08. The van der Waals surface area contributed by atoms with Crippen molar-refractivity contribution in [2.24, 2.45) is 5.73 Å². The van der Waals surface area contributed by atoms with Crippen molar-refractivity contribution in [1.29, 1.82) is 0 Å². The Labute approximate surface area is 101 Å². The van der Waals surface area contributed by atoms with Crippen molar-refractivity contribution < 1.29 is 0 Å². The first-order valence-electron chi connectivity index (χ1n) is 6.51. The number of hydrogen-bond donors (Lipinski definition) is 1. The molecule has 0 amide bonds. The monoisotopic (exact) mass is 227 g/mol. The Morgan fingerprint density at radius 3 is 3.06 bits per heavy atom. The van der Waals surface area contributed by atoms with Gasteiger partial charge in [-0.2, -0.15) is 0 Å². The zero-order valence-corrected chi connectivity index (χ0v) is 9.95. The van der Waals surface area contributed by atoms with E-state index in [2.05, 4.69) is 27.8 Å². The summed E-state index contributed by atoms with van der Waals surface area (Å²) in [6, 6.07) is 6.64. The maximum absolute atomic E-state index is 6.19. The van der Waals surface area contributed by atoms with Crippen LogP contribution >= 0.6 is 0 Å². The lowest BCUT2D eigenvalue weighted by Crippen LogP contribution is -2.24. The molecule has 3 heteroatoms. The number of aromatic nitrogens is 2. The maximum atomic E-state index is 6.19. The minimum Gasteiger partial charge on any atom is -0.328 e. The smallest absolute Gasteiger partial charge is 0.109 e. The minimum atomic E-state index is 0.0987. The molecule has 1 aliphatic heterocycles. The van der Waals surface area contributed by atoms with Crippen LogP contribution in [0, 0.1) is 0 Å². The van der Waals surface area contributed by atoms with E-state index in [1.807, 2.05) is 0 Å². The molecule has 0 bridgehead atoms. The molecule has 0 saturated heterocycles. The number of nitrogens with zero attached hydrogens (tertiary/aromatic N) is 2. The highest BCUT2D eigenvalue weighted by molar-refractivity contribution is 5.77. The number of hydrogen-bond acceptors (Lipinski definition) is 2. The third-order valence-corrected chi connectivity index (χ3v) is 4.12. The van der Waals surface area contributed by atoms with Crippen LogP contribution in [0.5, 0.6) is 0 Å². The Morgan fingerprint density at radius 2 is 2.24 bits per heavy atom. The summed E-state index contributed by atoms with van der Waals surface area (Å²) in [7, 11) is 0. The molecule has 0 spiro atoms. The van der Waals surface area contributed by atoms with E-state index in [-0.39, 0.29) is 5.54 Å². The van der Waals surface area contributed by atoms with Crippen LogP contribution in [0.2, 0.25) is 0 Å². The van der Waals surface area contributed by atoms with Gasteiger partial charge in [0.15, 0.2) is 0 Å². The number of benzene rings is 1. The van der Waals surface area contributed by atoms with Crippen molar-refractivity contribution in [2.75, 3.05) is 0 Å². The van der Waals surface area contributed by atoms with Gasteiger partial charge >= 0.3 is 0 Å². The van der Waals surface area contributed by atoms with Gasteiger partial charge in [0.2, 0.25) is 0 Å². The Kier molecular flexibility index (Phi) is 1.76. The Hall–Kier alpha value is -1.35. The molecule has 88 valence electrons. The highest BCUT2D eigenvalue weighted by atomic mass is 15.1. The van der Waals surface area contributed by atoms with E-state index in [9.17, 15) is 0 Å². The lowest BCUT2D eigenvalue weighted by atomic mass is 10.0. The predicted octanol–water partition coefficient (Wildman–Crippen LogP) is 2.02. The van der Waals surface area contributed by atoms with E-state index < -0.39 is 0 Å². The molecule has 2 aromatic rings. The van der Waals surface area contributed by atoms with Crippen LogP contribution in [0.1, 0.15) is 30.7 Å². The number of aryl methyl sites for hydroxylation is 2. The van der Waals surface area contributed by atoms with Crippen molar-refractivity contribution in [2.45, 2.75) is 44.2 Å². The van der Waals surface area contributed by atoms with Crippen molar-refractivity contribution in [1.82, 2.24) is 9.55 Å². The average Bonchev–Trinajstić information content (AvgIpc) is 2.77. The van der Waals surface area contributed by atoms with Crippen molar-refractivity contribution in [3.63, 3.8) is 0 Å². The van der Waals surface area contributed by atoms with E-state index >= 15 is 0 Å². The topological polar surface area (TPSA) is 43.8 Å². The largest absolute Gasteiger partial charge is 0.328 e. The zero-order chi connectivity index (χ0) is 11.5. The number of fused-ring (bicyclic) bond motifs is 3. The van der Waals surface area contributed by atoms with Crippen LogP contribution < -0.4 is 5.73 Å². The molecule has 2 aliphatic rings. The summed E-state index contributed by atoms with van der Waals surface area (Å²) >= 11 is 0. The molecular formula is C14H17N3. The maximum Gasteiger partial charge on any atom is 0.109 e. The molecule has 17 heavy (non-hydrogen) atoms.